The van der Waals surface area contributed by atoms with Gasteiger partial charge in [-0.3, -0.25) is 4.79 Å². The molecule has 70 valence electrons. The molecule has 0 saturated heterocycles. The third kappa shape index (κ3) is 1.34. The van der Waals surface area contributed by atoms with E-state index in [4.69, 9.17) is 5.11 Å². The lowest BCUT2D eigenvalue weighted by Crippen LogP contribution is -2.33. The summed E-state index contributed by atoms with van der Waals surface area (Å²) in [5, 5.41) is 15.8. The molecule has 1 aromatic heterocycles. The average Bonchev–Trinajstić information content (AvgIpc) is 2.42. The van der Waals surface area contributed by atoms with Crippen molar-refractivity contribution >= 4 is 11.9 Å². The first-order chi connectivity index (χ1) is 6.16. The van der Waals surface area contributed by atoms with E-state index in [2.05, 4.69) is 15.4 Å². The van der Waals surface area contributed by atoms with Gasteiger partial charge in [0.05, 0.1) is 12.5 Å². The Morgan fingerprint density at radius 2 is 2.54 bits per heavy atom. The van der Waals surface area contributed by atoms with Crippen molar-refractivity contribution in [3.63, 3.8) is 0 Å². The summed E-state index contributed by atoms with van der Waals surface area (Å²) in [7, 11) is 0. The first-order valence-electron chi connectivity index (χ1n) is 4.05. The van der Waals surface area contributed by atoms with Crippen LogP contribution in [-0.2, 0) is 11.3 Å². The highest BCUT2D eigenvalue weighted by Gasteiger charge is 2.25. The van der Waals surface area contributed by atoms with Crippen molar-refractivity contribution in [2.24, 2.45) is 5.92 Å². The fourth-order valence-corrected chi connectivity index (χ4v) is 1.37. The fraction of sp³-hybridized carbons (Fsp3) is 0.571. The second-order valence-corrected chi connectivity index (χ2v) is 3.08. The van der Waals surface area contributed by atoms with Crippen LogP contribution < -0.4 is 5.32 Å². The summed E-state index contributed by atoms with van der Waals surface area (Å²) in [5.41, 5.74) is 0. The van der Waals surface area contributed by atoms with E-state index in [1.807, 2.05) is 0 Å². The number of carboxylic acids is 1. The molecular weight excluding hydrogens is 172 g/mol. The number of nitrogens with zero attached hydrogens (tertiary/aromatic N) is 3. The van der Waals surface area contributed by atoms with Gasteiger partial charge in [-0.15, -0.1) is 0 Å². The van der Waals surface area contributed by atoms with E-state index in [9.17, 15) is 4.79 Å². The highest BCUT2D eigenvalue weighted by atomic mass is 16.4. The molecule has 6 nitrogen and oxygen atoms in total. The van der Waals surface area contributed by atoms with Crippen LogP contribution in [0.5, 0.6) is 0 Å². The summed E-state index contributed by atoms with van der Waals surface area (Å²) < 4.78 is 1.59. The Morgan fingerprint density at radius 1 is 1.77 bits per heavy atom. The molecule has 0 radical (unpaired) electrons. The van der Waals surface area contributed by atoms with E-state index in [1.165, 1.54) is 0 Å². The molecule has 6 heteroatoms. The fourth-order valence-electron chi connectivity index (χ4n) is 1.37. The van der Waals surface area contributed by atoms with E-state index >= 15 is 0 Å². The third-order valence-electron chi connectivity index (χ3n) is 2.03. The second kappa shape index (κ2) is 2.72. The van der Waals surface area contributed by atoms with Crippen molar-refractivity contribution in [2.45, 2.75) is 13.5 Å². The van der Waals surface area contributed by atoms with Crippen LogP contribution in [0, 0.1) is 12.8 Å². The maximum Gasteiger partial charge on any atom is 0.310 e. The SMILES string of the molecule is Cc1nc2n(n1)CC(C(=O)O)CN2. The maximum absolute atomic E-state index is 10.7. The number of fused-ring (bicyclic) bond motifs is 1. The summed E-state index contributed by atoms with van der Waals surface area (Å²) in [5.74, 6) is 0.114. The topological polar surface area (TPSA) is 80.0 Å². The first kappa shape index (κ1) is 8.03. The third-order valence-corrected chi connectivity index (χ3v) is 2.03. The molecule has 0 spiro atoms. The lowest BCUT2D eigenvalue weighted by Gasteiger charge is -2.19. The number of carbonyl (C=O) groups is 1. The summed E-state index contributed by atoms with van der Waals surface area (Å²) in [6, 6.07) is 0. The Hall–Kier alpha value is -1.59. The molecule has 1 aliphatic heterocycles. The summed E-state index contributed by atoms with van der Waals surface area (Å²) in [4.78, 5) is 14.8. The number of hydrogen-bond acceptors (Lipinski definition) is 4. The number of aryl methyl sites for hydroxylation is 1. The zero-order valence-corrected chi connectivity index (χ0v) is 7.19. The highest BCUT2D eigenvalue weighted by Crippen LogP contribution is 2.14. The minimum atomic E-state index is -0.800. The van der Waals surface area contributed by atoms with Crippen LogP contribution in [0.3, 0.4) is 0 Å². The van der Waals surface area contributed by atoms with Crippen LogP contribution in [0.2, 0.25) is 0 Å². The molecule has 0 fully saturated rings. The summed E-state index contributed by atoms with van der Waals surface area (Å²) in [6.45, 7) is 2.61. The number of rotatable bonds is 1. The standard InChI is InChI=1S/C7H10N4O2/c1-4-9-7-8-2-5(6(12)13)3-11(7)10-4/h5H,2-3H2,1H3,(H,12,13)(H,8,9,10). The van der Waals surface area contributed by atoms with E-state index in [0.29, 0.717) is 24.9 Å². The second-order valence-electron chi connectivity index (χ2n) is 3.08. The molecule has 0 saturated carbocycles. The van der Waals surface area contributed by atoms with Crippen molar-refractivity contribution in [2.75, 3.05) is 11.9 Å². The van der Waals surface area contributed by atoms with Crippen molar-refractivity contribution in [3.8, 4) is 0 Å². The average molecular weight is 182 g/mol. The molecule has 1 aliphatic rings. The number of aliphatic carboxylic acids is 1. The van der Waals surface area contributed by atoms with Crippen molar-refractivity contribution < 1.29 is 9.90 Å². The molecule has 0 aromatic carbocycles. The largest absolute Gasteiger partial charge is 0.481 e. The zero-order chi connectivity index (χ0) is 9.42. The lowest BCUT2D eigenvalue weighted by molar-refractivity contribution is -0.141. The molecule has 2 rings (SSSR count). The van der Waals surface area contributed by atoms with Gasteiger partial charge < -0.3 is 10.4 Å². The number of hydrogen-bond donors (Lipinski definition) is 2. The smallest absolute Gasteiger partial charge is 0.310 e. The lowest BCUT2D eigenvalue weighted by atomic mass is 10.1. The molecular formula is C7H10N4O2. The molecule has 2 heterocycles. The van der Waals surface area contributed by atoms with Crippen molar-refractivity contribution in [1.82, 2.24) is 14.8 Å². The Kier molecular flexibility index (Phi) is 1.68. The molecule has 1 unspecified atom stereocenters. The van der Waals surface area contributed by atoms with Crippen molar-refractivity contribution in [1.29, 1.82) is 0 Å². The Balaban J connectivity index is 2.24. The molecule has 0 bridgehead atoms. The monoisotopic (exact) mass is 182 g/mol. The highest BCUT2D eigenvalue weighted by molar-refractivity contribution is 5.71. The summed E-state index contributed by atoms with van der Waals surface area (Å²) in [6.07, 6.45) is 0. The quantitative estimate of drug-likeness (QED) is 0.624. The van der Waals surface area contributed by atoms with Gasteiger partial charge in [-0.1, -0.05) is 0 Å². The number of carboxylic acid groups (broad SMARTS) is 1. The maximum atomic E-state index is 10.7. The predicted molar refractivity (Wildman–Crippen MR) is 44.4 cm³/mol. The van der Waals surface area contributed by atoms with Gasteiger partial charge in [0.1, 0.15) is 5.82 Å². The molecule has 0 amide bonds. The number of aromatic nitrogens is 3. The van der Waals surface area contributed by atoms with Gasteiger partial charge in [0.25, 0.3) is 0 Å². The molecule has 1 aromatic rings. The van der Waals surface area contributed by atoms with E-state index in [0.717, 1.165) is 0 Å². The zero-order valence-electron chi connectivity index (χ0n) is 7.19. The Morgan fingerprint density at radius 3 is 3.23 bits per heavy atom. The van der Waals surface area contributed by atoms with Gasteiger partial charge in [-0.05, 0) is 6.92 Å². The van der Waals surface area contributed by atoms with Gasteiger partial charge in [-0.25, -0.2) is 4.68 Å². The van der Waals surface area contributed by atoms with Gasteiger partial charge in [-0.2, -0.15) is 10.1 Å². The van der Waals surface area contributed by atoms with Crippen molar-refractivity contribution in [3.05, 3.63) is 5.82 Å². The van der Waals surface area contributed by atoms with Crippen LogP contribution in [0.25, 0.3) is 0 Å². The number of anilines is 1. The van der Waals surface area contributed by atoms with Gasteiger partial charge in [0.2, 0.25) is 5.95 Å². The van der Waals surface area contributed by atoms with Gasteiger partial charge >= 0.3 is 5.97 Å². The first-order valence-corrected chi connectivity index (χ1v) is 4.05. The van der Waals surface area contributed by atoms with E-state index < -0.39 is 11.9 Å². The summed E-state index contributed by atoms with van der Waals surface area (Å²) >= 11 is 0. The van der Waals surface area contributed by atoms with Gasteiger partial charge in [0, 0.05) is 6.54 Å². The van der Waals surface area contributed by atoms with Gasteiger partial charge in [0.15, 0.2) is 0 Å². The molecule has 2 N–H and O–H groups in total. The van der Waals surface area contributed by atoms with Crippen LogP contribution in [0.15, 0.2) is 0 Å². The minimum Gasteiger partial charge on any atom is -0.481 e. The van der Waals surface area contributed by atoms with Crippen LogP contribution in [-0.4, -0.2) is 32.4 Å². The number of nitrogens with one attached hydrogen (secondary N) is 1. The molecule has 13 heavy (non-hydrogen) atoms. The normalized spacial score (nSPS) is 20.5. The molecule has 0 aliphatic carbocycles. The van der Waals surface area contributed by atoms with Crippen LogP contribution in [0.1, 0.15) is 5.82 Å². The Labute approximate surface area is 74.6 Å². The van der Waals surface area contributed by atoms with Crippen LogP contribution in [0.4, 0.5) is 5.95 Å². The van der Waals surface area contributed by atoms with E-state index in [-0.39, 0.29) is 0 Å². The molecule has 1 atom stereocenters. The minimum absolute atomic E-state index is 0.401. The predicted octanol–water partition coefficient (Wildman–Crippen LogP) is -0.287. The Bertz CT molecular complexity index is 346. The van der Waals surface area contributed by atoms with E-state index in [1.54, 1.807) is 11.6 Å². The van der Waals surface area contributed by atoms with Crippen LogP contribution >= 0.6 is 0 Å².